The quantitative estimate of drug-likeness (QED) is 0.847. The van der Waals surface area contributed by atoms with Crippen LogP contribution in [-0.4, -0.2) is 24.6 Å². The zero-order chi connectivity index (χ0) is 13.6. The van der Waals surface area contributed by atoms with Crippen LogP contribution in [0, 0.1) is 0 Å². The summed E-state index contributed by atoms with van der Waals surface area (Å²) in [4.78, 5) is 11.9. The standard InChI is InChI=1S/C15H22N2O2.ClH/c16-12-15(9-4-5-10-15)17-14(18)8-11-19-13-6-2-1-3-7-13;/h1-3,6-7H,4-5,8-12,16H2,(H,17,18);1H. The molecule has 20 heavy (non-hydrogen) atoms. The molecule has 0 heterocycles. The summed E-state index contributed by atoms with van der Waals surface area (Å²) in [5.74, 6) is 0.827. The largest absolute Gasteiger partial charge is 0.493 e. The van der Waals surface area contributed by atoms with Gasteiger partial charge in [0.2, 0.25) is 5.91 Å². The van der Waals surface area contributed by atoms with Crippen molar-refractivity contribution in [3.05, 3.63) is 30.3 Å². The van der Waals surface area contributed by atoms with Crippen molar-refractivity contribution < 1.29 is 9.53 Å². The molecule has 0 unspecified atom stereocenters. The number of halogens is 1. The third-order valence-corrected chi connectivity index (χ3v) is 3.70. The molecule has 4 nitrogen and oxygen atoms in total. The fraction of sp³-hybridized carbons (Fsp3) is 0.533. The zero-order valence-electron chi connectivity index (χ0n) is 11.6. The molecule has 5 heteroatoms. The lowest BCUT2D eigenvalue weighted by Crippen LogP contribution is -2.51. The first kappa shape index (κ1) is 16.8. The van der Waals surface area contributed by atoms with Crippen LogP contribution in [0.15, 0.2) is 30.3 Å². The maximum absolute atomic E-state index is 11.9. The molecule has 1 aliphatic carbocycles. The Morgan fingerprint density at radius 1 is 1.25 bits per heavy atom. The van der Waals surface area contributed by atoms with Gasteiger partial charge in [-0.25, -0.2) is 0 Å². The highest BCUT2D eigenvalue weighted by molar-refractivity contribution is 5.85. The van der Waals surface area contributed by atoms with Crippen LogP contribution < -0.4 is 15.8 Å². The van der Waals surface area contributed by atoms with Crippen molar-refractivity contribution in [2.75, 3.05) is 13.2 Å². The molecule has 2 rings (SSSR count). The summed E-state index contributed by atoms with van der Waals surface area (Å²) in [5, 5.41) is 3.08. The van der Waals surface area contributed by atoms with Gasteiger partial charge >= 0.3 is 0 Å². The predicted molar refractivity (Wildman–Crippen MR) is 82.2 cm³/mol. The first-order chi connectivity index (χ1) is 9.24. The average Bonchev–Trinajstić information content (AvgIpc) is 2.89. The maximum Gasteiger partial charge on any atom is 0.223 e. The van der Waals surface area contributed by atoms with Crippen molar-refractivity contribution in [3.63, 3.8) is 0 Å². The van der Waals surface area contributed by atoms with Crippen molar-refractivity contribution in [1.82, 2.24) is 5.32 Å². The van der Waals surface area contributed by atoms with Crippen molar-refractivity contribution >= 4 is 18.3 Å². The van der Waals surface area contributed by atoms with Crippen molar-refractivity contribution in [1.29, 1.82) is 0 Å². The van der Waals surface area contributed by atoms with E-state index in [0.29, 0.717) is 19.6 Å². The number of benzene rings is 1. The minimum atomic E-state index is -0.163. The second-order valence-corrected chi connectivity index (χ2v) is 5.15. The van der Waals surface area contributed by atoms with Crippen LogP contribution in [0.25, 0.3) is 0 Å². The van der Waals surface area contributed by atoms with Crippen LogP contribution in [0.5, 0.6) is 5.75 Å². The lowest BCUT2D eigenvalue weighted by Gasteiger charge is -2.28. The molecular weight excluding hydrogens is 276 g/mol. The molecule has 112 valence electrons. The molecule has 3 N–H and O–H groups in total. The van der Waals surface area contributed by atoms with E-state index in [0.717, 1.165) is 31.4 Å². The Bertz CT molecular complexity index is 406. The fourth-order valence-electron chi connectivity index (χ4n) is 2.57. The Hall–Kier alpha value is -1.26. The predicted octanol–water partition coefficient (Wildman–Crippen LogP) is 2.26. The van der Waals surface area contributed by atoms with Crippen LogP contribution in [0.3, 0.4) is 0 Å². The van der Waals surface area contributed by atoms with E-state index in [-0.39, 0.29) is 23.9 Å². The van der Waals surface area contributed by atoms with Gasteiger partial charge in [-0.2, -0.15) is 0 Å². The molecule has 0 spiro atoms. The summed E-state index contributed by atoms with van der Waals surface area (Å²) >= 11 is 0. The molecule has 1 aromatic rings. The highest BCUT2D eigenvalue weighted by atomic mass is 35.5. The normalized spacial score (nSPS) is 16.2. The number of para-hydroxylation sites is 1. The topological polar surface area (TPSA) is 64.3 Å². The van der Waals surface area contributed by atoms with Gasteiger partial charge in [0.15, 0.2) is 0 Å². The molecule has 0 atom stereocenters. The number of nitrogens with two attached hydrogens (primary N) is 1. The van der Waals surface area contributed by atoms with E-state index in [1.54, 1.807) is 0 Å². The van der Waals surface area contributed by atoms with E-state index >= 15 is 0 Å². The monoisotopic (exact) mass is 298 g/mol. The van der Waals surface area contributed by atoms with Gasteiger partial charge in [0.1, 0.15) is 5.75 Å². The Balaban J connectivity index is 0.00000200. The number of nitrogens with one attached hydrogen (secondary N) is 1. The second kappa shape index (κ2) is 8.12. The second-order valence-electron chi connectivity index (χ2n) is 5.15. The first-order valence-electron chi connectivity index (χ1n) is 6.93. The number of hydrogen-bond acceptors (Lipinski definition) is 3. The van der Waals surface area contributed by atoms with E-state index < -0.39 is 0 Å². The smallest absolute Gasteiger partial charge is 0.223 e. The lowest BCUT2D eigenvalue weighted by atomic mass is 9.98. The van der Waals surface area contributed by atoms with E-state index in [2.05, 4.69) is 5.32 Å². The molecule has 0 aromatic heterocycles. The number of hydrogen-bond donors (Lipinski definition) is 2. The number of amides is 1. The highest BCUT2D eigenvalue weighted by Gasteiger charge is 2.33. The van der Waals surface area contributed by atoms with Crippen LogP contribution >= 0.6 is 12.4 Å². The van der Waals surface area contributed by atoms with Gasteiger partial charge < -0.3 is 15.8 Å². The number of rotatable bonds is 6. The summed E-state index contributed by atoms with van der Waals surface area (Å²) in [7, 11) is 0. The van der Waals surface area contributed by atoms with E-state index in [9.17, 15) is 4.79 Å². The molecule has 1 fully saturated rings. The molecule has 0 saturated heterocycles. The van der Waals surface area contributed by atoms with Gasteiger partial charge in [-0.15, -0.1) is 12.4 Å². The van der Waals surface area contributed by atoms with Crippen molar-refractivity contribution in [2.24, 2.45) is 5.73 Å². The summed E-state index contributed by atoms with van der Waals surface area (Å²) in [6, 6.07) is 9.53. The van der Waals surface area contributed by atoms with Crippen LogP contribution in [0.1, 0.15) is 32.1 Å². The van der Waals surface area contributed by atoms with Crippen molar-refractivity contribution in [3.8, 4) is 5.75 Å². The zero-order valence-corrected chi connectivity index (χ0v) is 12.5. The molecule has 1 aliphatic rings. The van der Waals surface area contributed by atoms with Gasteiger partial charge in [-0.3, -0.25) is 4.79 Å². The lowest BCUT2D eigenvalue weighted by molar-refractivity contribution is -0.123. The van der Waals surface area contributed by atoms with E-state index in [1.165, 1.54) is 0 Å². The SMILES string of the molecule is Cl.NCC1(NC(=O)CCOc2ccccc2)CCCC1. The summed E-state index contributed by atoms with van der Waals surface area (Å²) in [6.07, 6.45) is 4.66. The highest BCUT2D eigenvalue weighted by Crippen LogP contribution is 2.28. The van der Waals surface area contributed by atoms with Gasteiger partial charge in [0.05, 0.1) is 18.6 Å². The molecule has 0 radical (unpaired) electrons. The maximum atomic E-state index is 11.9. The van der Waals surface area contributed by atoms with E-state index in [1.807, 2.05) is 30.3 Å². The van der Waals surface area contributed by atoms with E-state index in [4.69, 9.17) is 10.5 Å². The Kier molecular flexibility index (Phi) is 6.82. The molecule has 1 aromatic carbocycles. The van der Waals surface area contributed by atoms with Gasteiger partial charge in [-0.05, 0) is 25.0 Å². The molecular formula is C15H23ClN2O2. The molecule has 0 aliphatic heterocycles. The average molecular weight is 299 g/mol. The number of carbonyl (C=O) groups is 1. The summed E-state index contributed by atoms with van der Waals surface area (Å²) < 4.78 is 5.52. The first-order valence-corrected chi connectivity index (χ1v) is 6.93. The minimum Gasteiger partial charge on any atom is -0.493 e. The van der Waals surface area contributed by atoms with Crippen LogP contribution in [0.4, 0.5) is 0 Å². The Morgan fingerprint density at radius 3 is 2.50 bits per heavy atom. The van der Waals surface area contributed by atoms with Gasteiger partial charge in [-0.1, -0.05) is 31.0 Å². The summed E-state index contributed by atoms with van der Waals surface area (Å²) in [5.41, 5.74) is 5.63. The van der Waals surface area contributed by atoms with Gasteiger partial charge in [0, 0.05) is 6.54 Å². The molecule has 1 amide bonds. The van der Waals surface area contributed by atoms with Gasteiger partial charge in [0.25, 0.3) is 0 Å². The minimum absolute atomic E-state index is 0. The summed E-state index contributed by atoms with van der Waals surface area (Å²) in [6.45, 7) is 0.925. The van der Waals surface area contributed by atoms with Crippen LogP contribution in [-0.2, 0) is 4.79 Å². The Labute approximate surface area is 126 Å². The number of ether oxygens (including phenoxy) is 1. The fourth-order valence-corrected chi connectivity index (χ4v) is 2.57. The third-order valence-electron chi connectivity index (χ3n) is 3.70. The van der Waals surface area contributed by atoms with Crippen LogP contribution in [0.2, 0.25) is 0 Å². The number of carbonyl (C=O) groups excluding carboxylic acids is 1. The molecule has 1 saturated carbocycles. The third kappa shape index (κ3) is 4.69. The Morgan fingerprint density at radius 2 is 1.90 bits per heavy atom. The molecule has 0 bridgehead atoms. The van der Waals surface area contributed by atoms with Crippen molar-refractivity contribution in [2.45, 2.75) is 37.6 Å².